The first-order valence-corrected chi connectivity index (χ1v) is 23.4. The molecule has 0 saturated carbocycles. The maximum atomic E-state index is 13.0. The van der Waals surface area contributed by atoms with Crippen molar-refractivity contribution in [1.82, 2.24) is 48.9 Å². The highest BCUT2D eigenvalue weighted by atomic mass is 19.3. The van der Waals surface area contributed by atoms with Gasteiger partial charge in [0.05, 0.1) is 34.9 Å². The minimum absolute atomic E-state index is 0.0665. The zero-order chi connectivity index (χ0) is 50.4. The maximum Gasteiger partial charge on any atom is 0.387 e. The number of halogens is 4. The standard InChI is InChI=1S/C27H29F2N5O2.C26H27F2N5O2/c1-17-5-8-23(36-26(28)29)19(11-17)15-34-22-12-18(6-7-21(22)24(35)33(34)4)20-13-30-25(31-14-20)27(2)9-10-32(3)16-27;1-16-4-7-22(35-25(27)28)18(10-16)14-33-21-11-17(5-6-20(21)23(34)32(33)3)19-12-30-24(31-13-19)26(2)8-9-29-15-26/h5-8,11-14,26H,9-10,15-16H2,1-4H3;4-7,10-13,25,29H,8-9,14-15H2,1-3H3. The van der Waals surface area contributed by atoms with E-state index < -0.39 is 13.2 Å². The summed E-state index contributed by atoms with van der Waals surface area (Å²) in [6.45, 7) is 6.40. The molecule has 1 N–H and O–H groups in total. The van der Waals surface area contributed by atoms with E-state index in [4.69, 9.17) is 9.47 Å². The maximum absolute atomic E-state index is 13.0. The molecule has 2 aliphatic heterocycles. The van der Waals surface area contributed by atoms with Gasteiger partial charge in [-0.3, -0.25) is 28.3 Å². The summed E-state index contributed by atoms with van der Waals surface area (Å²) in [6, 6.07) is 21.3. The van der Waals surface area contributed by atoms with E-state index in [1.54, 1.807) is 59.9 Å². The van der Waals surface area contributed by atoms with Crippen molar-refractivity contribution in [2.24, 2.45) is 14.1 Å². The third-order valence-corrected chi connectivity index (χ3v) is 13.9. The highest BCUT2D eigenvalue weighted by molar-refractivity contribution is 5.85. The van der Waals surface area contributed by atoms with Gasteiger partial charge in [-0.05, 0) is 94.4 Å². The van der Waals surface area contributed by atoms with Crippen LogP contribution in [0.1, 0.15) is 60.6 Å². The minimum atomic E-state index is -2.93. The molecule has 14 nitrogen and oxygen atoms in total. The number of aryl methyl sites for hydroxylation is 2. The van der Waals surface area contributed by atoms with Crippen molar-refractivity contribution < 1.29 is 27.0 Å². The van der Waals surface area contributed by atoms with Gasteiger partial charge in [-0.1, -0.05) is 61.4 Å². The van der Waals surface area contributed by atoms with Crippen LogP contribution in [0.3, 0.4) is 0 Å². The second-order valence-corrected chi connectivity index (χ2v) is 19.3. The summed E-state index contributed by atoms with van der Waals surface area (Å²) in [6.07, 6.45) is 9.29. The number of hydrogen-bond acceptors (Lipinski definition) is 10. The zero-order valence-electron chi connectivity index (χ0n) is 40.7. The SMILES string of the molecule is Cc1ccc(OC(F)F)c(Cn2c3cc(-c4cnc(C5(C)CCN(C)C5)nc4)ccc3c(=O)n2C)c1.Cc1ccc(OC(F)F)c(Cn2c3cc(-c4cnc(C5(C)CCNC5)nc4)ccc3c(=O)n2C)c1. The van der Waals surface area contributed by atoms with Crippen LogP contribution in [0.5, 0.6) is 11.5 Å². The van der Waals surface area contributed by atoms with Crippen LogP contribution >= 0.6 is 0 Å². The van der Waals surface area contributed by atoms with E-state index >= 15 is 0 Å². The fraction of sp³-hybridized carbons (Fsp3) is 0.358. The van der Waals surface area contributed by atoms with Gasteiger partial charge in [0.15, 0.2) is 0 Å². The van der Waals surface area contributed by atoms with Crippen molar-refractivity contribution in [2.75, 3.05) is 33.2 Å². The lowest BCUT2D eigenvalue weighted by Crippen LogP contribution is -2.28. The van der Waals surface area contributed by atoms with E-state index in [1.165, 1.54) is 21.5 Å². The third-order valence-electron chi connectivity index (χ3n) is 13.9. The third kappa shape index (κ3) is 9.95. The van der Waals surface area contributed by atoms with Crippen molar-refractivity contribution in [3.63, 3.8) is 0 Å². The molecule has 2 atom stereocenters. The van der Waals surface area contributed by atoms with Gasteiger partial charge in [0.25, 0.3) is 11.1 Å². The van der Waals surface area contributed by atoms with Gasteiger partial charge in [-0.15, -0.1) is 0 Å². The van der Waals surface area contributed by atoms with Crippen molar-refractivity contribution in [3.05, 3.63) is 152 Å². The monoisotopic (exact) mass is 972 g/mol. The van der Waals surface area contributed by atoms with Gasteiger partial charge in [-0.25, -0.2) is 19.9 Å². The Balaban J connectivity index is 0.000000176. The average molecular weight is 973 g/mol. The van der Waals surface area contributed by atoms with Crippen LogP contribution in [0, 0.1) is 13.8 Å². The van der Waals surface area contributed by atoms with Gasteiger partial charge in [0.1, 0.15) is 23.1 Å². The van der Waals surface area contributed by atoms with Crippen molar-refractivity contribution in [3.8, 4) is 33.8 Å². The molecule has 2 fully saturated rings. The number of aromatic nitrogens is 8. The van der Waals surface area contributed by atoms with E-state index in [9.17, 15) is 27.2 Å². The second-order valence-electron chi connectivity index (χ2n) is 19.3. The van der Waals surface area contributed by atoms with Gasteiger partial charge in [-0.2, -0.15) is 17.6 Å². The summed E-state index contributed by atoms with van der Waals surface area (Å²) in [7, 11) is 5.44. The number of nitrogens with one attached hydrogen (secondary N) is 1. The normalized spacial score (nSPS) is 18.2. The topological polar surface area (TPSA) is 139 Å². The van der Waals surface area contributed by atoms with Crippen molar-refractivity contribution in [2.45, 2.75) is 77.7 Å². The average Bonchev–Trinajstić information content (AvgIpc) is 4.08. The molecule has 4 aromatic heterocycles. The molecule has 0 amide bonds. The molecule has 6 heterocycles. The fourth-order valence-electron chi connectivity index (χ4n) is 9.85. The number of nitrogens with zero attached hydrogens (tertiary/aromatic N) is 9. The van der Waals surface area contributed by atoms with Crippen LogP contribution in [-0.2, 0) is 38.0 Å². The molecule has 370 valence electrons. The van der Waals surface area contributed by atoms with Gasteiger partial charge >= 0.3 is 13.2 Å². The molecular formula is C53H56F4N10O4. The Morgan fingerprint density at radius 2 is 1.06 bits per heavy atom. The van der Waals surface area contributed by atoms with Gasteiger partial charge < -0.3 is 19.7 Å². The van der Waals surface area contributed by atoms with Gasteiger partial charge in [0, 0.05) is 85.1 Å². The fourth-order valence-corrected chi connectivity index (χ4v) is 9.85. The molecule has 0 radical (unpaired) electrons. The Labute approximate surface area is 407 Å². The first-order valence-electron chi connectivity index (χ1n) is 23.4. The molecule has 2 saturated heterocycles. The van der Waals surface area contributed by atoms with Crippen LogP contribution in [0.15, 0.2) is 107 Å². The quantitative estimate of drug-likeness (QED) is 0.119. The summed E-state index contributed by atoms with van der Waals surface area (Å²) in [5.41, 5.74) is 7.29. The molecule has 0 aliphatic carbocycles. The molecule has 2 aliphatic rings. The first kappa shape index (κ1) is 48.8. The van der Waals surface area contributed by atoms with Crippen molar-refractivity contribution in [1.29, 1.82) is 0 Å². The Kier molecular flexibility index (Phi) is 13.4. The molecule has 0 bridgehead atoms. The largest absolute Gasteiger partial charge is 0.434 e. The lowest BCUT2D eigenvalue weighted by molar-refractivity contribution is -0.0511. The number of likely N-dealkylation sites (tertiary alicyclic amines) is 1. The van der Waals surface area contributed by atoms with E-state index in [0.717, 1.165) is 84.1 Å². The summed E-state index contributed by atoms with van der Waals surface area (Å²) in [5, 5.41) is 4.45. The molecule has 71 heavy (non-hydrogen) atoms. The van der Waals surface area contributed by atoms with E-state index in [0.29, 0.717) is 32.9 Å². The van der Waals surface area contributed by atoms with Crippen LogP contribution in [0.25, 0.3) is 44.1 Å². The van der Waals surface area contributed by atoms with Gasteiger partial charge in [0.2, 0.25) is 0 Å². The summed E-state index contributed by atoms with van der Waals surface area (Å²) < 4.78 is 67.9. The molecule has 18 heteroatoms. The molecule has 4 aromatic carbocycles. The minimum Gasteiger partial charge on any atom is -0.434 e. The molecular weight excluding hydrogens is 917 g/mol. The first-order chi connectivity index (χ1) is 33.9. The van der Waals surface area contributed by atoms with E-state index in [2.05, 4.69) is 51.0 Å². The van der Waals surface area contributed by atoms with E-state index in [1.807, 2.05) is 62.9 Å². The number of likely N-dealkylation sites (N-methyl/N-ethyl adjacent to an activating group) is 1. The summed E-state index contributed by atoms with van der Waals surface area (Å²) in [5.74, 6) is 1.83. The van der Waals surface area contributed by atoms with Crippen molar-refractivity contribution >= 4 is 21.8 Å². The lowest BCUT2D eigenvalue weighted by Gasteiger charge is -2.21. The number of benzene rings is 4. The Morgan fingerprint density at radius 3 is 1.45 bits per heavy atom. The Hall–Kier alpha value is -7.18. The number of ether oxygens (including phenoxy) is 2. The zero-order valence-corrected chi connectivity index (χ0v) is 40.7. The predicted molar refractivity (Wildman–Crippen MR) is 265 cm³/mol. The van der Waals surface area contributed by atoms with Crippen LogP contribution in [0.4, 0.5) is 17.6 Å². The molecule has 0 spiro atoms. The molecule has 10 rings (SSSR count). The highest BCUT2D eigenvalue weighted by Gasteiger charge is 2.36. The Morgan fingerprint density at radius 1 is 0.606 bits per heavy atom. The van der Waals surface area contributed by atoms with Crippen LogP contribution in [0.2, 0.25) is 0 Å². The number of rotatable bonds is 12. The lowest BCUT2D eigenvalue weighted by atomic mass is 9.88. The number of hydrogen-bond donors (Lipinski definition) is 1. The molecule has 2 unspecified atom stereocenters. The van der Waals surface area contributed by atoms with Crippen LogP contribution < -0.4 is 25.9 Å². The highest BCUT2D eigenvalue weighted by Crippen LogP contribution is 2.34. The predicted octanol–water partition coefficient (Wildman–Crippen LogP) is 8.35. The smallest absolute Gasteiger partial charge is 0.387 e. The van der Waals surface area contributed by atoms with Crippen LogP contribution in [-0.4, -0.2) is 90.0 Å². The van der Waals surface area contributed by atoms with E-state index in [-0.39, 0.29) is 46.5 Å². The summed E-state index contributed by atoms with van der Waals surface area (Å²) in [4.78, 5) is 46.8. The second kappa shape index (κ2) is 19.5. The molecule has 8 aromatic rings. The summed E-state index contributed by atoms with van der Waals surface area (Å²) >= 11 is 0. The number of fused-ring (bicyclic) bond motifs is 2. The Bertz CT molecular complexity index is 3360. The number of alkyl halides is 4.